The van der Waals surface area contributed by atoms with Gasteiger partial charge in [0.1, 0.15) is 11.2 Å². The Morgan fingerprint density at radius 1 is 0.404 bits per heavy atom. The topological polar surface area (TPSA) is 61.7 Å². The second-order valence-corrected chi connectivity index (χ2v) is 12.1. The van der Waals surface area contributed by atoms with E-state index in [1.165, 1.54) is 0 Å². The number of furan rings is 1. The Labute approximate surface area is 370 Å². The molecule has 0 bridgehead atoms. The molecule has 266 valence electrons. The van der Waals surface area contributed by atoms with Crippen LogP contribution in [0.1, 0.15) is 42.5 Å². The van der Waals surface area contributed by atoms with Gasteiger partial charge >= 0.3 is 0 Å². The molecule has 0 saturated carbocycles. The van der Waals surface area contributed by atoms with Crippen LogP contribution in [-0.4, -0.2) is 24.1 Å². The molecular formula is C51H31N5O. The maximum atomic E-state index is 10.2. The molecule has 12 aromatic rings. The molecule has 0 fully saturated rings. The van der Waals surface area contributed by atoms with Crippen LogP contribution in [0.3, 0.4) is 0 Å². The predicted molar refractivity (Wildman–Crippen MR) is 232 cm³/mol. The van der Waals surface area contributed by atoms with Gasteiger partial charge in [0.25, 0.3) is 0 Å². The van der Waals surface area contributed by atoms with Crippen LogP contribution in [0.4, 0.5) is 0 Å². The van der Waals surface area contributed by atoms with E-state index < -0.39 is 298 Å². The molecule has 57 heavy (non-hydrogen) atoms. The van der Waals surface area contributed by atoms with Crippen molar-refractivity contribution < 1.29 is 46.9 Å². The van der Waals surface area contributed by atoms with E-state index in [-0.39, 0.29) is 0 Å². The van der Waals surface area contributed by atoms with Crippen LogP contribution < -0.4 is 0 Å². The fraction of sp³-hybridized carbons (Fsp3) is 0. The fourth-order valence-electron chi connectivity index (χ4n) is 6.72. The summed E-state index contributed by atoms with van der Waals surface area (Å²) in [4.78, 5) is 13.3. The zero-order valence-electron chi connectivity index (χ0n) is 59.1. The van der Waals surface area contributed by atoms with Crippen molar-refractivity contribution in [2.24, 2.45) is 0 Å². The second kappa shape index (κ2) is 12.3. The van der Waals surface area contributed by atoms with Crippen molar-refractivity contribution in [2.75, 3.05) is 0 Å². The minimum atomic E-state index is -1.07. The number of rotatable bonds is 5. The standard InChI is InChI=1S/C51H31N5O/c1-4-15-32(16-5-1)36-23-14-24-41-42-31-35(27-30-45(42)57-48(36)41)55-43-25-12-10-21-37(43)39-28-29-40-38-22-11-13-26-44(38)56(47(40)46(39)55)51-53-49(33-17-6-2-7-18-33)52-50(54-51)34-19-8-3-9-20-34/h1-31H/i1D,2D,3D,4D,5D,6D,7D,8D,9D,10D,11D,12D,13D,14D,15D,16D,17D,18D,19D,20D,21D,22D,23D,24D,25D,26D,27D,28D,29D,30D,31D. The van der Waals surface area contributed by atoms with Crippen molar-refractivity contribution in [2.45, 2.75) is 0 Å². The average Bonchev–Trinajstić information content (AvgIpc) is 1.51. The van der Waals surface area contributed by atoms with Crippen molar-refractivity contribution in [1.29, 1.82) is 0 Å². The van der Waals surface area contributed by atoms with Crippen molar-refractivity contribution in [3.63, 3.8) is 0 Å². The molecule has 0 aliphatic rings. The van der Waals surface area contributed by atoms with E-state index in [1.807, 2.05) is 0 Å². The van der Waals surface area contributed by atoms with E-state index >= 15 is 0 Å². The molecule has 4 aromatic heterocycles. The van der Waals surface area contributed by atoms with Gasteiger partial charge in [-0.25, -0.2) is 4.98 Å². The summed E-state index contributed by atoms with van der Waals surface area (Å²) in [6.45, 7) is 0. The van der Waals surface area contributed by atoms with Gasteiger partial charge in [-0.3, -0.25) is 4.57 Å². The van der Waals surface area contributed by atoms with Crippen LogP contribution in [0.5, 0.6) is 0 Å². The number of aromatic nitrogens is 5. The van der Waals surface area contributed by atoms with Gasteiger partial charge < -0.3 is 8.98 Å². The molecule has 0 aliphatic carbocycles. The first-order chi connectivity index (χ1) is 41.2. The van der Waals surface area contributed by atoms with Gasteiger partial charge in [0, 0.05) is 54.7 Å². The molecule has 0 saturated heterocycles. The Morgan fingerprint density at radius 3 is 1.56 bits per heavy atom. The highest BCUT2D eigenvalue weighted by molar-refractivity contribution is 6.24. The highest BCUT2D eigenvalue weighted by Gasteiger charge is 2.24. The largest absolute Gasteiger partial charge is 0.455 e. The summed E-state index contributed by atoms with van der Waals surface area (Å²) in [5.74, 6) is -2.78. The second-order valence-electron chi connectivity index (χ2n) is 12.1. The van der Waals surface area contributed by atoms with E-state index in [2.05, 4.69) is 15.0 Å². The fourth-order valence-corrected chi connectivity index (χ4v) is 6.72. The number of nitrogens with zero attached hydrogens (tertiary/aromatic N) is 5. The van der Waals surface area contributed by atoms with Crippen LogP contribution in [-0.2, 0) is 0 Å². The van der Waals surface area contributed by atoms with Crippen LogP contribution in [0.2, 0.25) is 0 Å². The van der Waals surface area contributed by atoms with Gasteiger partial charge in [0.05, 0.1) is 64.6 Å². The molecule has 4 heterocycles. The first kappa shape index (κ1) is 13.7. The molecule has 12 rings (SSSR count). The van der Waals surface area contributed by atoms with Crippen molar-refractivity contribution in [3.05, 3.63) is 187 Å². The smallest absolute Gasteiger partial charge is 0.238 e. The van der Waals surface area contributed by atoms with E-state index in [1.54, 1.807) is 0 Å². The number of hydrogen-bond acceptors (Lipinski definition) is 4. The van der Waals surface area contributed by atoms with Gasteiger partial charge in [-0.15, -0.1) is 0 Å². The lowest BCUT2D eigenvalue weighted by atomic mass is 10.0. The summed E-state index contributed by atoms with van der Waals surface area (Å²) in [5, 5.41) is -3.81. The molecular weight excluding hydrogens is 699 g/mol. The molecule has 0 amide bonds. The summed E-state index contributed by atoms with van der Waals surface area (Å²) >= 11 is 0. The maximum absolute atomic E-state index is 10.2. The summed E-state index contributed by atoms with van der Waals surface area (Å²) in [5.41, 5.74) is -8.11. The van der Waals surface area contributed by atoms with Crippen LogP contribution in [0.25, 0.3) is 111 Å². The Hall–Kier alpha value is -7.83. The minimum absolute atomic E-state index is 0.608. The van der Waals surface area contributed by atoms with Gasteiger partial charge in [-0.2, -0.15) is 9.97 Å². The van der Waals surface area contributed by atoms with E-state index in [9.17, 15) is 13.7 Å². The third-order valence-corrected chi connectivity index (χ3v) is 9.03. The highest BCUT2D eigenvalue weighted by Crippen LogP contribution is 2.43. The molecule has 0 aliphatic heterocycles. The third-order valence-electron chi connectivity index (χ3n) is 9.03. The average molecular weight is 761 g/mol. The Morgan fingerprint density at radius 2 is 0.930 bits per heavy atom. The lowest BCUT2D eigenvalue weighted by Gasteiger charge is -2.13. The Balaban J connectivity index is 1.38. The zero-order valence-corrected chi connectivity index (χ0v) is 28.1. The van der Waals surface area contributed by atoms with E-state index in [4.69, 9.17) is 33.2 Å². The lowest BCUT2D eigenvalue weighted by molar-refractivity contribution is 0.670. The van der Waals surface area contributed by atoms with E-state index in [0.29, 0.717) is 0 Å². The Kier molecular flexibility index (Phi) is 2.97. The number of para-hydroxylation sites is 3. The SMILES string of the molecule is [2H]c1c([2H])c([2H])c(-c2nc(-c3c([2H])c([2H])c([2H])c([2H])c3[2H])nc(-n3c4c([2H])c([2H])c([2H])c([2H])c4c4c([2H])c([2H])c5c6c([2H])c([2H])c([2H])c([2H])c6n(-c6c([2H])c([2H])c7oc8c(-c9c([2H])c([2H])c([2H])c([2H])c9[2H])c([2H])c([2H])c([2H])c8c7c6[2H])c5c43)n2)c([2H])c1[2H]. The van der Waals surface area contributed by atoms with Crippen LogP contribution in [0.15, 0.2) is 192 Å². The quantitative estimate of drug-likeness (QED) is 0.175. The van der Waals surface area contributed by atoms with E-state index in [0.717, 1.165) is 9.13 Å². The highest BCUT2D eigenvalue weighted by atomic mass is 16.3. The minimum Gasteiger partial charge on any atom is -0.455 e. The summed E-state index contributed by atoms with van der Waals surface area (Å²) in [6.07, 6.45) is 0. The third kappa shape index (κ3) is 4.81. The van der Waals surface area contributed by atoms with Crippen molar-refractivity contribution in [1.82, 2.24) is 24.1 Å². The zero-order chi connectivity index (χ0) is 64.4. The molecule has 0 N–H and O–H groups in total. The van der Waals surface area contributed by atoms with Crippen molar-refractivity contribution >= 4 is 65.6 Å². The van der Waals surface area contributed by atoms with Crippen molar-refractivity contribution in [3.8, 4) is 45.5 Å². The number of benzene rings is 8. The first-order valence-corrected chi connectivity index (χ1v) is 16.6. The number of hydrogen-bond donors (Lipinski definition) is 0. The number of fused-ring (bicyclic) bond motifs is 10. The summed E-state index contributed by atoms with van der Waals surface area (Å²) in [7, 11) is 0. The normalized spacial score (nSPS) is 19.5. The summed E-state index contributed by atoms with van der Waals surface area (Å²) in [6, 6.07) is -29.2. The van der Waals surface area contributed by atoms with Gasteiger partial charge in [0.2, 0.25) is 5.95 Å². The maximum Gasteiger partial charge on any atom is 0.238 e. The molecule has 0 radical (unpaired) electrons. The molecule has 6 heteroatoms. The molecule has 0 atom stereocenters. The predicted octanol–water partition coefficient (Wildman–Crippen LogP) is 13.0. The monoisotopic (exact) mass is 760 g/mol. The molecule has 8 aromatic carbocycles. The van der Waals surface area contributed by atoms with Gasteiger partial charge in [-0.05, 0) is 35.8 Å². The van der Waals surface area contributed by atoms with Crippen LogP contribution >= 0.6 is 0 Å². The summed E-state index contributed by atoms with van der Waals surface area (Å²) < 4.78 is 287. The lowest BCUT2D eigenvalue weighted by Crippen LogP contribution is -2.07. The molecule has 0 unspecified atom stereocenters. The molecule has 0 spiro atoms. The first-order valence-electron chi connectivity index (χ1n) is 32.1. The van der Waals surface area contributed by atoms with Gasteiger partial charge in [-0.1, -0.05) is 157 Å². The Bertz CT molecular complexity index is 5190. The van der Waals surface area contributed by atoms with Crippen LogP contribution in [0, 0.1) is 0 Å². The van der Waals surface area contributed by atoms with Gasteiger partial charge in [0.15, 0.2) is 11.6 Å². The molecule has 6 nitrogen and oxygen atoms in total.